The van der Waals surface area contributed by atoms with Gasteiger partial charge in [0.25, 0.3) is 6.43 Å². The third kappa shape index (κ3) is 5.32. The standard InChI is InChI=1S/C19H24F2N8/c1-4-5-9-19(24-25-19)10-11-22-17(14-7-6-8-15(12-14)28(2)3)18-23-26-27-29(18)13-16(20)21/h1,6-8,12,16-17,22H,5,9-11,13H2,2-3H3. The second-order valence-electron chi connectivity index (χ2n) is 7.12. The van der Waals surface area contributed by atoms with Gasteiger partial charge < -0.3 is 10.2 Å². The van der Waals surface area contributed by atoms with Crippen molar-refractivity contribution < 1.29 is 8.78 Å². The lowest BCUT2D eigenvalue weighted by atomic mass is 10.0. The Labute approximate surface area is 168 Å². The average molecular weight is 402 g/mol. The van der Waals surface area contributed by atoms with E-state index in [0.29, 0.717) is 31.6 Å². The van der Waals surface area contributed by atoms with Crippen molar-refractivity contribution in [2.24, 2.45) is 10.2 Å². The summed E-state index contributed by atoms with van der Waals surface area (Å²) in [5.74, 6) is 2.94. The third-order valence-electron chi connectivity index (χ3n) is 4.78. The smallest absolute Gasteiger partial charge is 0.258 e. The van der Waals surface area contributed by atoms with E-state index >= 15 is 0 Å². The zero-order chi connectivity index (χ0) is 20.9. The molecule has 0 radical (unpaired) electrons. The Balaban J connectivity index is 1.80. The zero-order valence-corrected chi connectivity index (χ0v) is 16.5. The maximum absolute atomic E-state index is 13.0. The molecule has 3 rings (SSSR count). The molecule has 1 atom stereocenters. The van der Waals surface area contributed by atoms with Crippen LogP contribution in [0, 0.1) is 12.3 Å². The number of benzene rings is 1. The third-order valence-corrected chi connectivity index (χ3v) is 4.78. The topological polar surface area (TPSA) is 83.6 Å². The highest BCUT2D eigenvalue weighted by Gasteiger charge is 2.38. The van der Waals surface area contributed by atoms with Crippen LogP contribution in [0.5, 0.6) is 0 Å². The summed E-state index contributed by atoms with van der Waals surface area (Å²) >= 11 is 0. The number of hydrogen-bond acceptors (Lipinski definition) is 7. The van der Waals surface area contributed by atoms with Gasteiger partial charge in [-0.3, -0.25) is 0 Å². The van der Waals surface area contributed by atoms with Gasteiger partial charge in [0, 0.05) is 45.6 Å². The summed E-state index contributed by atoms with van der Waals surface area (Å²) < 4.78 is 27.1. The van der Waals surface area contributed by atoms with Crippen LogP contribution in [0.1, 0.15) is 36.7 Å². The van der Waals surface area contributed by atoms with Crippen LogP contribution in [-0.4, -0.2) is 52.9 Å². The number of aromatic nitrogens is 4. The molecule has 1 unspecified atom stereocenters. The molecule has 0 saturated carbocycles. The first-order chi connectivity index (χ1) is 13.9. The highest BCUT2D eigenvalue weighted by molar-refractivity contribution is 5.48. The van der Waals surface area contributed by atoms with E-state index in [9.17, 15) is 8.78 Å². The summed E-state index contributed by atoms with van der Waals surface area (Å²) in [5.41, 5.74) is 1.44. The largest absolute Gasteiger partial charge is 0.378 e. The molecule has 1 aromatic carbocycles. The van der Waals surface area contributed by atoms with E-state index in [4.69, 9.17) is 6.42 Å². The van der Waals surface area contributed by atoms with Crippen LogP contribution in [0.3, 0.4) is 0 Å². The lowest BCUT2D eigenvalue weighted by Gasteiger charge is -2.21. The van der Waals surface area contributed by atoms with Crippen LogP contribution >= 0.6 is 0 Å². The van der Waals surface area contributed by atoms with Gasteiger partial charge in [-0.15, -0.1) is 17.4 Å². The highest BCUT2D eigenvalue weighted by Crippen LogP contribution is 2.36. The Morgan fingerprint density at radius 3 is 2.72 bits per heavy atom. The monoisotopic (exact) mass is 402 g/mol. The number of halogens is 2. The van der Waals surface area contributed by atoms with Crippen molar-refractivity contribution in [2.75, 3.05) is 25.5 Å². The molecule has 8 nitrogen and oxygen atoms in total. The first-order valence-electron chi connectivity index (χ1n) is 9.36. The van der Waals surface area contributed by atoms with E-state index in [1.165, 1.54) is 0 Å². The van der Waals surface area contributed by atoms with Crippen LogP contribution < -0.4 is 10.2 Å². The van der Waals surface area contributed by atoms with Crippen molar-refractivity contribution >= 4 is 5.69 Å². The van der Waals surface area contributed by atoms with Crippen LogP contribution in [0.15, 0.2) is 34.5 Å². The van der Waals surface area contributed by atoms with E-state index in [2.05, 4.69) is 37.0 Å². The van der Waals surface area contributed by atoms with Crippen molar-refractivity contribution in [1.82, 2.24) is 25.5 Å². The minimum atomic E-state index is -2.55. The van der Waals surface area contributed by atoms with E-state index < -0.39 is 24.7 Å². The molecule has 1 aliphatic heterocycles. The predicted molar refractivity (Wildman–Crippen MR) is 105 cm³/mol. The Kier molecular flexibility index (Phi) is 6.49. The minimum absolute atomic E-state index is 0.337. The fourth-order valence-corrected chi connectivity index (χ4v) is 3.10. The van der Waals surface area contributed by atoms with Gasteiger partial charge in [0.05, 0.1) is 6.04 Å². The van der Waals surface area contributed by atoms with Crippen molar-refractivity contribution in [3.05, 3.63) is 35.7 Å². The van der Waals surface area contributed by atoms with Crippen molar-refractivity contribution in [3.8, 4) is 12.3 Å². The second-order valence-corrected chi connectivity index (χ2v) is 7.12. The molecule has 0 amide bonds. The van der Waals surface area contributed by atoms with E-state index in [-0.39, 0.29) is 0 Å². The van der Waals surface area contributed by atoms with E-state index in [1.54, 1.807) is 0 Å². The number of terminal acetylenes is 1. The van der Waals surface area contributed by atoms with Crippen molar-refractivity contribution in [1.29, 1.82) is 0 Å². The minimum Gasteiger partial charge on any atom is -0.378 e. The van der Waals surface area contributed by atoms with E-state index in [1.807, 2.05) is 43.3 Å². The van der Waals surface area contributed by atoms with Crippen LogP contribution in [0.2, 0.25) is 0 Å². The number of hydrogen-bond donors (Lipinski definition) is 1. The first kappa shape index (κ1) is 20.8. The van der Waals surface area contributed by atoms with Gasteiger partial charge in [-0.2, -0.15) is 10.2 Å². The quantitative estimate of drug-likeness (QED) is 0.584. The van der Waals surface area contributed by atoms with Gasteiger partial charge in [0.1, 0.15) is 6.54 Å². The van der Waals surface area contributed by atoms with Crippen LogP contribution in [0.4, 0.5) is 14.5 Å². The number of nitrogens with zero attached hydrogens (tertiary/aromatic N) is 7. The molecule has 154 valence electrons. The number of rotatable bonds is 11. The molecular weight excluding hydrogens is 378 g/mol. The van der Waals surface area contributed by atoms with Gasteiger partial charge >= 0.3 is 0 Å². The molecule has 29 heavy (non-hydrogen) atoms. The highest BCUT2D eigenvalue weighted by atomic mass is 19.3. The molecule has 0 saturated heterocycles. The first-order valence-corrected chi connectivity index (χ1v) is 9.36. The van der Waals surface area contributed by atoms with Crippen LogP contribution in [0.25, 0.3) is 0 Å². The van der Waals surface area contributed by atoms with Gasteiger partial charge in [-0.1, -0.05) is 12.1 Å². The maximum Gasteiger partial charge on any atom is 0.258 e. The molecule has 1 N–H and O–H groups in total. The van der Waals surface area contributed by atoms with Gasteiger partial charge in [-0.05, 0) is 28.1 Å². The summed E-state index contributed by atoms with van der Waals surface area (Å²) in [6.45, 7) is -0.0133. The molecule has 0 spiro atoms. The summed E-state index contributed by atoms with van der Waals surface area (Å²) in [6.07, 6.45) is 4.75. The summed E-state index contributed by atoms with van der Waals surface area (Å²) in [4.78, 5) is 1.97. The van der Waals surface area contributed by atoms with E-state index in [0.717, 1.165) is 15.9 Å². The van der Waals surface area contributed by atoms with Gasteiger partial charge in [0.15, 0.2) is 11.5 Å². The Bertz CT molecular complexity index is 880. The van der Waals surface area contributed by atoms with Crippen molar-refractivity contribution in [2.45, 2.75) is 43.9 Å². The molecule has 1 aromatic heterocycles. The number of anilines is 1. The Morgan fingerprint density at radius 2 is 2.07 bits per heavy atom. The number of nitrogens with one attached hydrogen (secondary N) is 1. The Hall–Kier alpha value is -2.93. The molecule has 1 aliphatic rings. The SMILES string of the molecule is C#CCCC1(CCNC(c2cccc(N(C)C)c2)c2nnnn2CC(F)F)N=N1. The molecule has 0 bridgehead atoms. The summed E-state index contributed by atoms with van der Waals surface area (Å²) in [5, 5.41) is 23.0. The number of tetrazole rings is 1. The van der Waals surface area contributed by atoms with Gasteiger partial charge in [-0.25, -0.2) is 13.5 Å². The summed E-state index contributed by atoms with van der Waals surface area (Å²) in [7, 11) is 3.88. The molecule has 10 heteroatoms. The average Bonchev–Trinajstić information content (AvgIpc) is 3.33. The second kappa shape index (κ2) is 9.05. The van der Waals surface area contributed by atoms with Crippen LogP contribution in [-0.2, 0) is 6.54 Å². The van der Waals surface area contributed by atoms with Crippen molar-refractivity contribution in [3.63, 3.8) is 0 Å². The Morgan fingerprint density at radius 1 is 1.28 bits per heavy atom. The maximum atomic E-state index is 13.0. The lowest BCUT2D eigenvalue weighted by Crippen LogP contribution is -2.30. The molecule has 0 aliphatic carbocycles. The summed E-state index contributed by atoms with van der Waals surface area (Å²) in [6, 6.07) is 7.34. The molecule has 2 aromatic rings. The normalized spacial score (nSPS) is 15.3. The molecule has 0 fully saturated rings. The zero-order valence-electron chi connectivity index (χ0n) is 16.5. The molecule has 2 heterocycles. The predicted octanol–water partition coefficient (Wildman–Crippen LogP) is 2.65. The fraction of sp³-hybridized carbons (Fsp3) is 0.526. The van der Waals surface area contributed by atoms with Gasteiger partial charge in [0.2, 0.25) is 0 Å². The lowest BCUT2D eigenvalue weighted by molar-refractivity contribution is 0.119. The molecular formula is C19H24F2N8. The number of alkyl halides is 2. The fourth-order valence-electron chi connectivity index (χ4n) is 3.10.